The SMILES string of the molecule is CC(=O)N1CCCC(C(=O)NC2C3CCCC2CC(N)C3)C1. The Morgan fingerprint density at radius 2 is 1.77 bits per heavy atom. The summed E-state index contributed by atoms with van der Waals surface area (Å²) in [4.78, 5) is 26.0. The largest absolute Gasteiger partial charge is 0.353 e. The zero-order valence-electron chi connectivity index (χ0n) is 13.6. The summed E-state index contributed by atoms with van der Waals surface area (Å²) in [6, 6.07) is 0.625. The molecule has 3 unspecified atom stereocenters. The highest BCUT2D eigenvalue weighted by atomic mass is 16.2. The van der Waals surface area contributed by atoms with Crippen molar-refractivity contribution in [3.63, 3.8) is 0 Å². The maximum absolute atomic E-state index is 12.7. The van der Waals surface area contributed by atoms with Gasteiger partial charge in [-0.25, -0.2) is 0 Å². The summed E-state index contributed by atoms with van der Waals surface area (Å²) >= 11 is 0. The number of likely N-dealkylation sites (tertiary alicyclic amines) is 1. The number of amides is 2. The normalized spacial score (nSPS) is 38.5. The van der Waals surface area contributed by atoms with Crippen molar-refractivity contribution in [2.45, 2.75) is 64.0 Å². The van der Waals surface area contributed by atoms with Crippen molar-refractivity contribution in [1.82, 2.24) is 10.2 Å². The molecular weight excluding hydrogens is 278 g/mol. The third-order valence-electron chi connectivity index (χ3n) is 5.92. The van der Waals surface area contributed by atoms with Gasteiger partial charge >= 0.3 is 0 Å². The van der Waals surface area contributed by atoms with E-state index in [9.17, 15) is 9.59 Å². The maximum Gasteiger partial charge on any atom is 0.225 e. The van der Waals surface area contributed by atoms with E-state index in [1.54, 1.807) is 6.92 Å². The highest BCUT2D eigenvalue weighted by molar-refractivity contribution is 5.81. The Balaban J connectivity index is 1.60. The molecule has 3 rings (SSSR count). The van der Waals surface area contributed by atoms with Gasteiger partial charge in [0, 0.05) is 32.1 Å². The molecule has 2 saturated carbocycles. The van der Waals surface area contributed by atoms with Crippen LogP contribution in [0.3, 0.4) is 0 Å². The van der Waals surface area contributed by atoms with Gasteiger partial charge in [-0.15, -0.1) is 0 Å². The number of fused-ring (bicyclic) bond motifs is 2. The first kappa shape index (κ1) is 15.8. The van der Waals surface area contributed by atoms with Crippen molar-refractivity contribution in [2.75, 3.05) is 13.1 Å². The van der Waals surface area contributed by atoms with Gasteiger partial charge in [0.1, 0.15) is 0 Å². The minimum atomic E-state index is -0.0334. The van der Waals surface area contributed by atoms with Crippen molar-refractivity contribution in [2.24, 2.45) is 23.5 Å². The first-order valence-corrected chi connectivity index (χ1v) is 8.86. The molecule has 5 heteroatoms. The Labute approximate surface area is 133 Å². The summed E-state index contributed by atoms with van der Waals surface area (Å²) < 4.78 is 0. The topological polar surface area (TPSA) is 75.4 Å². The van der Waals surface area contributed by atoms with Gasteiger partial charge in [-0.05, 0) is 50.4 Å². The van der Waals surface area contributed by atoms with Crippen LogP contribution in [0.1, 0.15) is 51.9 Å². The molecule has 1 saturated heterocycles. The maximum atomic E-state index is 12.7. The molecule has 0 spiro atoms. The molecule has 0 aromatic carbocycles. The third-order valence-corrected chi connectivity index (χ3v) is 5.92. The van der Waals surface area contributed by atoms with Crippen LogP contribution in [-0.2, 0) is 9.59 Å². The van der Waals surface area contributed by atoms with Crippen LogP contribution in [0.4, 0.5) is 0 Å². The predicted octanol–water partition coefficient (Wildman–Crippen LogP) is 1.27. The number of nitrogens with two attached hydrogens (primary N) is 1. The first-order valence-electron chi connectivity index (χ1n) is 8.86. The molecule has 2 aliphatic carbocycles. The molecule has 2 amide bonds. The standard InChI is InChI=1S/C17H29N3O2/c1-11(21)20-7-3-6-14(10-20)17(22)19-16-12-4-2-5-13(16)9-15(18)8-12/h12-16H,2-10,18H2,1H3,(H,19,22). The fourth-order valence-corrected chi connectivity index (χ4v) is 4.78. The van der Waals surface area contributed by atoms with Crippen LogP contribution in [0.25, 0.3) is 0 Å². The monoisotopic (exact) mass is 307 g/mol. The minimum absolute atomic E-state index is 0.0334. The third kappa shape index (κ3) is 3.29. The van der Waals surface area contributed by atoms with Crippen LogP contribution < -0.4 is 11.1 Å². The van der Waals surface area contributed by atoms with E-state index in [2.05, 4.69) is 5.32 Å². The van der Waals surface area contributed by atoms with Gasteiger partial charge in [0.25, 0.3) is 0 Å². The summed E-state index contributed by atoms with van der Waals surface area (Å²) in [6.45, 7) is 2.97. The van der Waals surface area contributed by atoms with Gasteiger partial charge in [0.05, 0.1) is 5.92 Å². The first-order chi connectivity index (χ1) is 10.5. The van der Waals surface area contributed by atoms with Gasteiger partial charge in [0.2, 0.25) is 11.8 Å². The quantitative estimate of drug-likeness (QED) is 0.806. The Morgan fingerprint density at radius 1 is 1.09 bits per heavy atom. The summed E-state index contributed by atoms with van der Waals surface area (Å²) in [5, 5.41) is 3.34. The zero-order valence-corrected chi connectivity index (χ0v) is 13.6. The molecule has 2 bridgehead atoms. The van der Waals surface area contributed by atoms with Crippen LogP contribution in [0.2, 0.25) is 0 Å². The summed E-state index contributed by atoms with van der Waals surface area (Å²) in [5.74, 6) is 1.31. The molecule has 5 nitrogen and oxygen atoms in total. The Kier molecular flexibility index (Phi) is 4.71. The summed E-state index contributed by atoms with van der Waals surface area (Å²) in [6.07, 6.45) is 7.59. The molecule has 1 aliphatic heterocycles. The second kappa shape index (κ2) is 6.57. The number of carbonyl (C=O) groups excluding carboxylic acids is 2. The Morgan fingerprint density at radius 3 is 2.41 bits per heavy atom. The fraction of sp³-hybridized carbons (Fsp3) is 0.882. The van der Waals surface area contributed by atoms with E-state index in [1.165, 1.54) is 19.3 Å². The number of piperidine rings is 1. The van der Waals surface area contributed by atoms with Crippen molar-refractivity contribution in [3.05, 3.63) is 0 Å². The molecular formula is C17H29N3O2. The number of hydrogen-bond acceptors (Lipinski definition) is 3. The van der Waals surface area contributed by atoms with E-state index < -0.39 is 0 Å². The van der Waals surface area contributed by atoms with Gasteiger partial charge in [0.15, 0.2) is 0 Å². The van der Waals surface area contributed by atoms with Gasteiger partial charge in [-0.3, -0.25) is 9.59 Å². The van der Waals surface area contributed by atoms with Crippen LogP contribution in [0.15, 0.2) is 0 Å². The second-order valence-corrected chi connectivity index (χ2v) is 7.52. The smallest absolute Gasteiger partial charge is 0.225 e. The van der Waals surface area contributed by atoms with Crippen LogP contribution in [-0.4, -0.2) is 41.9 Å². The van der Waals surface area contributed by atoms with Crippen molar-refractivity contribution < 1.29 is 9.59 Å². The van der Waals surface area contributed by atoms with Crippen LogP contribution in [0, 0.1) is 17.8 Å². The van der Waals surface area contributed by atoms with Gasteiger partial charge < -0.3 is 16.0 Å². The van der Waals surface area contributed by atoms with Gasteiger partial charge in [-0.1, -0.05) is 6.42 Å². The fourth-order valence-electron chi connectivity index (χ4n) is 4.78. The van der Waals surface area contributed by atoms with Crippen molar-refractivity contribution >= 4 is 11.8 Å². The molecule has 0 aromatic rings. The number of hydrogen-bond donors (Lipinski definition) is 2. The lowest BCUT2D eigenvalue weighted by molar-refractivity contribution is -0.134. The molecule has 3 N–H and O–H groups in total. The Bertz CT molecular complexity index is 426. The van der Waals surface area contributed by atoms with E-state index in [1.807, 2.05) is 4.90 Å². The second-order valence-electron chi connectivity index (χ2n) is 7.52. The molecule has 3 fully saturated rings. The highest BCUT2D eigenvalue weighted by Gasteiger charge is 2.41. The summed E-state index contributed by atoms with van der Waals surface area (Å²) in [5.41, 5.74) is 6.16. The number of nitrogens with one attached hydrogen (secondary N) is 1. The molecule has 22 heavy (non-hydrogen) atoms. The Hall–Kier alpha value is -1.10. The molecule has 0 aromatic heterocycles. The van der Waals surface area contributed by atoms with Crippen molar-refractivity contribution in [3.8, 4) is 0 Å². The number of nitrogens with zero attached hydrogens (tertiary/aromatic N) is 1. The lowest BCUT2D eigenvalue weighted by Gasteiger charge is -2.45. The average molecular weight is 307 g/mol. The highest BCUT2D eigenvalue weighted by Crippen LogP contribution is 2.39. The predicted molar refractivity (Wildman–Crippen MR) is 84.9 cm³/mol. The molecule has 124 valence electrons. The van der Waals surface area contributed by atoms with E-state index >= 15 is 0 Å². The minimum Gasteiger partial charge on any atom is -0.353 e. The van der Waals surface area contributed by atoms with E-state index in [0.717, 1.165) is 32.2 Å². The van der Waals surface area contributed by atoms with Crippen LogP contribution >= 0.6 is 0 Å². The lowest BCUT2D eigenvalue weighted by atomic mass is 9.67. The number of carbonyl (C=O) groups is 2. The van der Waals surface area contributed by atoms with Gasteiger partial charge in [-0.2, -0.15) is 0 Å². The molecule has 3 aliphatic rings. The molecule has 1 heterocycles. The van der Waals surface area contributed by atoms with E-state index in [4.69, 9.17) is 5.73 Å². The molecule has 3 atom stereocenters. The lowest BCUT2D eigenvalue weighted by Crippen LogP contribution is -2.56. The van der Waals surface area contributed by atoms with Crippen LogP contribution in [0.5, 0.6) is 0 Å². The zero-order chi connectivity index (χ0) is 15.7. The van der Waals surface area contributed by atoms with E-state index in [-0.39, 0.29) is 17.7 Å². The van der Waals surface area contributed by atoms with Crippen molar-refractivity contribution in [1.29, 1.82) is 0 Å². The van der Waals surface area contributed by atoms with E-state index in [0.29, 0.717) is 30.5 Å². The average Bonchev–Trinajstić information content (AvgIpc) is 2.48. The summed E-state index contributed by atoms with van der Waals surface area (Å²) in [7, 11) is 0. The molecule has 0 radical (unpaired) electrons. The number of rotatable bonds is 2.